The molecule has 0 heterocycles. The van der Waals surface area contributed by atoms with E-state index in [1.807, 2.05) is 0 Å². The molecule has 0 aromatic carbocycles. The molecule has 0 aromatic rings. The summed E-state index contributed by atoms with van der Waals surface area (Å²) in [6, 6.07) is 0. The van der Waals surface area contributed by atoms with E-state index in [1.165, 1.54) is 25.7 Å². The van der Waals surface area contributed by atoms with Crippen LogP contribution in [0.3, 0.4) is 0 Å². The van der Waals surface area contributed by atoms with Crippen LogP contribution in [0.15, 0.2) is 0 Å². The van der Waals surface area contributed by atoms with Crippen LogP contribution in [0.5, 0.6) is 0 Å². The third-order valence-corrected chi connectivity index (χ3v) is 5.24. The van der Waals surface area contributed by atoms with Crippen LogP contribution in [-0.4, -0.2) is 0 Å². The van der Waals surface area contributed by atoms with E-state index in [2.05, 4.69) is 55.4 Å². The summed E-state index contributed by atoms with van der Waals surface area (Å²) in [6.07, 6.45) is 5.26. The van der Waals surface area contributed by atoms with E-state index in [4.69, 9.17) is 0 Å². The van der Waals surface area contributed by atoms with Crippen LogP contribution in [0.1, 0.15) is 81.1 Å². The molecule has 16 heavy (non-hydrogen) atoms. The zero-order valence-electron chi connectivity index (χ0n) is 13.0. The zero-order valence-corrected chi connectivity index (χ0v) is 13.0. The first-order valence-corrected chi connectivity index (χ1v) is 7.22. The molecular formula is C16H34. The second-order valence-corrected chi connectivity index (χ2v) is 6.88. The van der Waals surface area contributed by atoms with Crippen molar-refractivity contribution in [2.24, 2.45) is 22.7 Å². The van der Waals surface area contributed by atoms with Gasteiger partial charge in [0.1, 0.15) is 0 Å². The highest BCUT2D eigenvalue weighted by molar-refractivity contribution is 4.86. The van der Waals surface area contributed by atoms with Crippen molar-refractivity contribution in [3.8, 4) is 0 Å². The fourth-order valence-electron chi connectivity index (χ4n) is 2.87. The van der Waals surface area contributed by atoms with Gasteiger partial charge in [0.2, 0.25) is 0 Å². The third kappa shape index (κ3) is 4.11. The lowest BCUT2D eigenvalue weighted by Gasteiger charge is -2.43. The maximum atomic E-state index is 2.50. The minimum Gasteiger partial charge on any atom is -0.0651 e. The maximum absolute atomic E-state index is 2.50. The summed E-state index contributed by atoms with van der Waals surface area (Å²) in [4.78, 5) is 0. The van der Waals surface area contributed by atoms with Gasteiger partial charge in [-0.25, -0.2) is 0 Å². The lowest BCUT2D eigenvalue weighted by molar-refractivity contribution is 0.0690. The second-order valence-electron chi connectivity index (χ2n) is 6.88. The quantitative estimate of drug-likeness (QED) is 0.506. The van der Waals surface area contributed by atoms with E-state index in [0.717, 1.165) is 11.8 Å². The highest BCUT2D eigenvalue weighted by atomic mass is 14.4. The lowest BCUT2D eigenvalue weighted by Crippen LogP contribution is -2.34. The van der Waals surface area contributed by atoms with Crippen molar-refractivity contribution in [3.63, 3.8) is 0 Å². The molecule has 0 rings (SSSR count). The smallest absolute Gasteiger partial charge is 0.0295 e. The van der Waals surface area contributed by atoms with E-state index >= 15 is 0 Å². The summed E-state index contributed by atoms with van der Waals surface area (Å²) in [5.41, 5.74) is 1.00. The average Bonchev–Trinajstić information content (AvgIpc) is 2.26. The fourth-order valence-corrected chi connectivity index (χ4v) is 2.87. The van der Waals surface area contributed by atoms with Gasteiger partial charge in [-0.2, -0.15) is 0 Å². The number of hydrogen-bond donors (Lipinski definition) is 0. The first-order chi connectivity index (χ1) is 7.22. The summed E-state index contributed by atoms with van der Waals surface area (Å²) in [6.45, 7) is 19.2. The molecule has 0 nitrogen and oxygen atoms in total. The van der Waals surface area contributed by atoms with Crippen molar-refractivity contribution in [2.75, 3.05) is 0 Å². The van der Waals surface area contributed by atoms with Gasteiger partial charge >= 0.3 is 0 Å². The summed E-state index contributed by atoms with van der Waals surface area (Å²) < 4.78 is 0. The molecule has 0 N–H and O–H groups in total. The van der Waals surface area contributed by atoms with Crippen molar-refractivity contribution in [1.82, 2.24) is 0 Å². The summed E-state index contributed by atoms with van der Waals surface area (Å²) in [7, 11) is 0. The Kier molecular flexibility index (Phi) is 6.07. The van der Waals surface area contributed by atoms with Crippen molar-refractivity contribution >= 4 is 0 Å². The third-order valence-electron chi connectivity index (χ3n) is 5.24. The van der Waals surface area contributed by atoms with Gasteiger partial charge in [-0.15, -0.1) is 0 Å². The molecule has 3 atom stereocenters. The number of hydrogen-bond acceptors (Lipinski definition) is 0. The Labute approximate surface area is 104 Å². The SMILES string of the molecule is CCC(C)C(C)C(C)(CC)CC(C)(C)CC. The predicted octanol–water partition coefficient (Wildman–Crippen LogP) is 5.91. The number of rotatable bonds is 7. The van der Waals surface area contributed by atoms with Crippen LogP contribution in [0.4, 0.5) is 0 Å². The van der Waals surface area contributed by atoms with Crippen LogP contribution in [0, 0.1) is 22.7 Å². The molecule has 0 radical (unpaired) electrons. The van der Waals surface area contributed by atoms with Crippen molar-refractivity contribution in [3.05, 3.63) is 0 Å². The van der Waals surface area contributed by atoms with Gasteiger partial charge in [0, 0.05) is 0 Å². The van der Waals surface area contributed by atoms with Gasteiger partial charge in [-0.05, 0) is 29.1 Å². The van der Waals surface area contributed by atoms with E-state index in [0.29, 0.717) is 10.8 Å². The molecule has 0 aliphatic rings. The Morgan fingerprint density at radius 2 is 1.38 bits per heavy atom. The molecule has 0 heteroatoms. The van der Waals surface area contributed by atoms with E-state index in [-0.39, 0.29) is 0 Å². The molecule has 0 saturated heterocycles. The Morgan fingerprint density at radius 3 is 1.69 bits per heavy atom. The average molecular weight is 226 g/mol. The maximum Gasteiger partial charge on any atom is -0.0295 e. The highest BCUT2D eigenvalue weighted by Crippen LogP contribution is 2.46. The Bertz CT molecular complexity index is 192. The van der Waals surface area contributed by atoms with Crippen molar-refractivity contribution < 1.29 is 0 Å². The van der Waals surface area contributed by atoms with E-state index in [9.17, 15) is 0 Å². The Morgan fingerprint density at radius 1 is 0.875 bits per heavy atom. The minimum absolute atomic E-state index is 0.493. The van der Waals surface area contributed by atoms with Gasteiger partial charge in [0.25, 0.3) is 0 Å². The second kappa shape index (κ2) is 6.07. The zero-order chi connectivity index (χ0) is 13.0. The van der Waals surface area contributed by atoms with Gasteiger partial charge in [-0.1, -0.05) is 74.7 Å². The highest BCUT2D eigenvalue weighted by Gasteiger charge is 2.36. The summed E-state index contributed by atoms with van der Waals surface area (Å²) >= 11 is 0. The lowest BCUT2D eigenvalue weighted by atomic mass is 9.62. The molecule has 0 aliphatic heterocycles. The van der Waals surface area contributed by atoms with Gasteiger partial charge in [-0.3, -0.25) is 0 Å². The summed E-state index contributed by atoms with van der Waals surface area (Å²) in [5.74, 6) is 1.67. The molecule has 0 bridgehead atoms. The van der Waals surface area contributed by atoms with Crippen LogP contribution in [0.25, 0.3) is 0 Å². The fraction of sp³-hybridized carbons (Fsp3) is 1.00. The Hall–Kier alpha value is 0. The minimum atomic E-state index is 0.493. The molecule has 3 unspecified atom stereocenters. The largest absolute Gasteiger partial charge is 0.0651 e. The monoisotopic (exact) mass is 226 g/mol. The van der Waals surface area contributed by atoms with Crippen molar-refractivity contribution in [1.29, 1.82) is 0 Å². The van der Waals surface area contributed by atoms with Gasteiger partial charge in [0.15, 0.2) is 0 Å². The van der Waals surface area contributed by atoms with E-state index < -0.39 is 0 Å². The van der Waals surface area contributed by atoms with Crippen LogP contribution < -0.4 is 0 Å². The first-order valence-electron chi connectivity index (χ1n) is 7.22. The van der Waals surface area contributed by atoms with E-state index in [1.54, 1.807) is 0 Å². The van der Waals surface area contributed by atoms with Crippen LogP contribution in [0.2, 0.25) is 0 Å². The molecule has 0 saturated carbocycles. The van der Waals surface area contributed by atoms with Crippen LogP contribution in [-0.2, 0) is 0 Å². The predicted molar refractivity (Wildman–Crippen MR) is 75.7 cm³/mol. The van der Waals surface area contributed by atoms with Crippen molar-refractivity contribution in [2.45, 2.75) is 81.1 Å². The molecule has 0 aromatic heterocycles. The molecule has 0 amide bonds. The molecule has 0 spiro atoms. The molecular weight excluding hydrogens is 192 g/mol. The topological polar surface area (TPSA) is 0 Å². The molecule has 0 fully saturated rings. The standard InChI is InChI=1S/C16H34/c1-9-13(4)14(5)16(8,11-3)12-15(6,7)10-2/h13-14H,9-12H2,1-8H3. The normalized spacial score (nSPS) is 20.2. The van der Waals surface area contributed by atoms with Crippen LogP contribution >= 0.6 is 0 Å². The van der Waals surface area contributed by atoms with Gasteiger partial charge in [0.05, 0.1) is 0 Å². The first kappa shape index (κ1) is 16.0. The molecule has 98 valence electrons. The Balaban J connectivity index is 4.77. The summed E-state index contributed by atoms with van der Waals surface area (Å²) in [5, 5.41) is 0. The molecule has 0 aliphatic carbocycles. The van der Waals surface area contributed by atoms with Gasteiger partial charge < -0.3 is 0 Å².